The SMILES string of the molecule is COc1ccc(Sc2cc3c(N4CCN(C(=O)O)CC4)nccc3s2)cc1. The van der Waals surface area contributed by atoms with Crippen molar-refractivity contribution in [2.75, 3.05) is 38.2 Å². The Hall–Kier alpha value is -2.45. The summed E-state index contributed by atoms with van der Waals surface area (Å²) in [5.74, 6) is 1.79. The Morgan fingerprint density at radius 1 is 1.19 bits per heavy atom. The van der Waals surface area contributed by atoms with Gasteiger partial charge in [0.15, 0.2) is 0 Å². The average Bonchev–Trinajstić information content (AvgIpc) is 3.11. The summed E-state index contributed by atoms with van der Waals surface area (Å²) < 4.78 is 7.61. The van der Waals surface area contributed by atoms with Crippen LogP contribution < -0.4 is 9.64 Å². The van der Waals surface area contributed by atoms with E-state index in [4.69, 9.17) is 9.84 Å². The molecule has 1 N–H and O–H groups in total. The third-order valence-corrected chi connectivity index (χ3v) is 6.75. The molecule has 0 aliphatic carbocycles. The summed E-state index contributed by atoms with van der Waals surface area (Å²) >= 11 is 3.47. The molecular weight excluding hydrogens is 382 g/mol. The van der Waals surface area contributed by atoms with E-state index in [1.165, 1.54) is 13.8 Å². The Bertz CT molecular complexity index is 950. The zero-order valence-electron chi connectivity index (χ0n) is 14.8. The number of hydrogen-bond acceptors (Lipinski definition) is 6. The van der Waals surface area contributed by atoms with Crippen LogP contribution >= 0.6 is 23.1 Å². The van der Waals surface area contributed by atoms with Crippen molar-refractivity contribution in [3.63, 3.8) is 0 Å². The Morgan fingerprint density at radius 3 is 2.59 bits per heavy atom. The number of carbonyl (C=O) groups is 1. The van der Waals surface area contributed by atoms with Gasteiger partial charge in [-0.2, -0.15) is 0 Å². The highest BCUT2D eigenvalue weighted by atomic mass is 32.2. The van der Waals surface area contributed by atoms with Crippen LogP contribution in [0.15, 0.2) is 51.7 Å². The number of nitrogens with zero attached hydrogens (tertiary/aromatic N) is 3. The van der Waals surface area contributed by atoms with Gasteiger partial charge in [-0.25, -0.2) is 9.78 Å². The number of rotatable bonds is 4. The van der Waals surface area contributed by atoms with Gasteiger partial charge in [-0.3, -0.25) is 0 Å². The first kappa shape index (κ1) is 17.9. The van der Waals surface area contributed by atoms with Crippen molar-refractivity contribution in [2.24, 2.45) is 0 Å². The molecule has 0 atom stereocenters. The van der Waals surface area contributed by atoms with Gasteiger partial charge in [0.1, 0.15) is 11.6 Å². The highest BCUT2D eigenvalue weighted by molar-refractivity contribution is 8.01. The Kier molecular flexibility index (Phi) is 5.09. The number of ether oxygens (including phenoxy) is 1. The minimum absolute atomic E-state index is 0.505. The predicted molar refractivity (Wildman–Crippen MR) is 109 cm³/mol. The van der Waals surface area contributed by atoms with Crippen molar-refractivity contribution in [3.8, 4) is 5.75 Å². The van der Waals surface area contributed by atoms with Gasteiger partial charge in [0.2, 0.25) is 0 Å². The summed E-state index contributed by atoms with van der Waals surface area (Å²) in [4.78, 5) is 20.5. The van der Waals surface area contributed by atoms with E-state index >= 15 is 0 Å². The molecule has 0 saturated carbocycles. The van der Waals surface area contributed by atoms with E-state index in [-0.39, 0.29) is 0 Å². The van der Waals surface area contributed by atoms with Crippen LogP contribution in [0.4, 0.5) is 10.6 Å². The van der Waals surface area contributed by atoms with Gasteiger partial charge in [0, 0.05) is 47.4 Å². The molecule has 8 heteroatoms. The van der Waals surface area contributed by atoms with Gasteiger partial charge < -0.3 is 19.6 Å². The molecular formula is C19H19N3O3S2. The number of aromatic nitrogens is 1. The number of carboxylic acid groups (broad SMARTS) is 1. The number of benzene rings is 1. The van der Waals surface area contributed by atoms with Gasteiger partial charge in [0.25, 0.3) is 0 Å². The summed E-state index contributed by atoms with van der Waals surface area (Å²) in [5, 5.41) is 10.3. The minimum atomic E-state index is -0.852. The first-order valence-corrected chi connectivity index (χ1v) is 10.2. The summed E-state index contributed by atoms with van der Waals surface area (Å²) in [5.41, 5.74) is 0. The monoisotopic (exact) mass is 401 g/mol. The second kappa shape index (κ2) is 7.66. The number of amides is 1. The number of piperazine rings is 1. The average molecular weight is 402 g/mol. The molecule has 4 rings (SSSR count). The third kappa shape index (κ3) is 3.81. The zero-order chi connectivity index (χ0) is 18.8. The van der Waals surface area contributed by atoms with Crippen molar-refractivity contribution in [1.82, 2.24) is 9.88 Å². The Balaban J connectivity index is 1.56. The van der Waals surface area contributed by atoms with E-state index in [0.717, 1.165) is 21.8 Å². The number of methoxy groups -OCH3 is 1. The molecule has 1 fully saturated rings. The highest BCUT2D eigenvalue weighted by Crippen LogP contribution is 2.40. The van der Waals surface area contributed by atoms with Gasteiger partial charge >= 0.3 is 6.09 Å². The van der Waals surface area contributed by atoms with Gasteiger partial charge in [-0.15, -0.1) is 11.3 Å². The van der Waals surface area contributed by atoms with Crippen molar-refractivity contribution in [1.29, 1.82) is 0 Å². The maximum atomic E-state index is 11.1. The molecule has 1 aromatic carbocycles. The maximum absolute atomic E-state index is 11.1. The Morgan fingerprint density at radius 2 is 1.93 bits per heavy atom. The first-order chi connectivity index (χ1) is 13.1. The van der Waals surface area contributed by atoms with E-state index in [1.807, 2.05) is 24.4 Å². The smallest absolute Gasteiger partial charge is 0.407 e. The van der Waals surface area contributed by atoms with Crippen LogP contribution in [0.1, 0.15) is 0 Å². The highest BCUT2D eigenvalue weighted by Gasteiger charge is 2.23. The standard InChI is InChI=1S/C19H19N3O3S2/c1-25-13-2-4-14(5-3-13)26-17-12-15-16(27-17)6-7-20-18(15)21-8-10-22(11-9-21)19(23)24/h2-7,12H,8-11H2,1H3,(H,23,24). The third-order valence-electron chi connectivity index (χ3n) is 4.53. The lowest BCUT2D eigenvalue weighted by molar-refractivity contribution is 0.142. The molecule has 0 spiro atoms. The van der Waals surface area contributed by atoms with Crippen molar-refractivity contribution in [3.05, 3.63) is 42.6 Å². The molecule has 3 heterocycles. The fraction of sp³-hybridized carbons (Fsp3) is 0.263. The summed E-state index contributed by atoms with van der Waals surface area (Å²) in [6, 6.07) is 12.3. The fourth-order valence-corrected chi connectivity index (χ4v) is 5.29. The van der Waals surface area contributed by atoms with Crippen LogP contribution in [0.5, 0.6) is 5.75 Å². The topological polar surface area (TPSA) is 65.9 Å². The minimum Gasteiger partial charge on any atom is -0.497 e. The van der Waals surface area contributed by atoms with E-state index in [9.17, 15) is 4.79 Å². The van der Waals surface area contributed by atoms with Crippen molar-refractivity contribution < 1.29 is 14.6 Å². The molecule has 3 aromatic rings. The van der Waals surface area contributed by atoms with Crippen LogP contribution in [0.25, 0.3) is 10.1 Å². The number of anilines is 1. The number of hydrogen-bond donors (Lipinski definition) is 1. The quantitative estimate of drug-likeness (QED) is 0.705. The van der Waals surface area contributed by atoms with Crippen LogP contribution in [0.3, 0.4) is 0 Å². The molecule has 140 valence electrons. The second-order valence-corrected chi connectivity index (χ2v) is 8.60. The van der Waals surface area contributed by atoms with Gasteiger partial charge in [0.05, 0.1) is 11.3 Å². The molecule has 27 heavy (non-hydrogen) atoms. The number of thiophene rings is 1. The van der Waals surface area contributed by atoms with Crippen LogP contribution in [-0.4, -0.2) is 54.4 Å². The van der Waals surface area contributed by atoms with E-state index in [0.29, 0.717) is 26.2 Å². The van der Waals surface area contributed by atoms with E-state index in [2.05, 4.69) is 28.1 Å². The molecule has 0 bridgehead atoms. The molecule has 2 aromatic heterocycles. The molecule has 1 amide bonds. The molecule has 6 nitrogen and oxygen atoms in total. The molecule has 1 aliphatic rings. The lowest BCUT2D eigenvalue weighted by Crippen LogP contribution is -2.48. The van der Waals surface area contributed by atoms with Crippen LogP contribution in [-0.2, 0) is 0 Å². The van der Waals surface area contributed by atoms with E-state index < -0.39 is 6.09 Å². The van der Waals surface area contributed by atoms with Gasteiger partial charge in [-0.05, 0) is 36.4 Å². The fourth-order valence-electron chi connectivity index (χ4n) is 3.10. The zero-order valence-corrected chi connectivity index (χ0v) is 16.4. The summed E-state index contributed by atoms with van der Waals surface area (Å²) in [7, 11) is 1.67. The largest absolute Gasteiger partial charge is 0.497 e. The lowest BCUT2D eigenvalue weighted by atomic mass is 10.2. The second-order valence-electron chi connectivity index (χ2n) is 6.15. The molecule has 1 aliphatic heterocycles. The molecule has 1 saturated heterocycles. The number of pyridine rings is 1. The van der Waals surface area contributed by atoms with E-state index in [1.54, 1.807) is 30.2 Å². The number of fused-ring (bicyclic) bond motifs is 1. The predicted octanol–water partition coefficient (Wildman–Crippen LogP) is 4.26. The summed E-state index contributed by atoms with van der Waals surface area (Å²) in [6.45, 7) is 2.33. The lowest BCUT2D eigenvalue weighted by Gasteiger charge is -2.34. The maximum Gasteiger partial charge on any atom is 0.407 e. The molecule has 0 radical (unpaired) electrons. The van der Waals surface area contributed by atoms with Crippen molar-refractivity contribution in [2.45, 2.75) is 9.10 Å². The van der Waals surface area contributed by atoms with Gasteiger partial charge in [-0.1, -0.05) is 11.8 Å². The Labute approximate surface area is 165 Å². The summed E-state index contributed by atoms with van der Waals surface area (Å²) in [6.07, 6.45) is 0.981. The van der Waals surface area contributed by atoms with Crippen molar-refractivity contribution >= 4 is 45.1 Å². The van der Waals surface area contributed by atoms with Crippen LogP contribution in [0, 0.1) is 0 Å². The first-order valence-electron chi connectivity index (χ1n) is 8.57. The van der Waals surface area contributed by atoms with Crippen LogP contribution in [0.2, 0.25) is 0 Å². The normalized spacial score (nSPS) is 14.6. The molecule has 0 unspecified atom stereocenters.